The Hall–Kier alpha value is -1.22. The molecule has 1 saturated heterocycles. The second-order valence-corrected chi connectivity index (χ2v) is 5.27. The van der Waals surface area contributed by atoms with Gasteiger partial charge in [0.1, 0.15) is 11.9 Å². The van der Waals surface area contributed by atoms with E-state index in [9.17, 15) is 0 Å². The lowest BCUT2D eigenvalue weighted by Gasteiger charge is -2.20. The maximum Gasteiger partial charge on any atom is 0.120 e. The largest absolute Gasteiger partial charge is 0.489 e. The standard InChI is InChI=1S/C15H22N2O/c1-2-17-9-7-14(11-17)18-13-5-6-15-12(10-13)4-3-8-16-15/h5-6,10,14,16H,2-4,7-9,11H2,1H3. The van der Waals surface area contributed by atoms with Crippen molar-refractivity contribution in [2.45, 2.75) is 32.3 Å². The van der Waals surface area contributed by atoms with E-state index in [0.717, 1.165) is 31.8 Å². The van der Waals surface area contributed by atoms with Gasteiger partial charge < -0.3 is 10.1 Å². The van der Waals surface area contributed by atoms with Gasteiger partial charge in [-0.25, -0.2) is 0 Å². The van der Waals surface area contributed by atoms with Gasteiger partial charge in [0.2, 0.25) is 0 Å². The summed E-state index contributed by atoms with van der Waals surface area (Å²) in [7, 11) is 0. The number of hydrogen-bond acceptors (Lipinski definition) is 3. The zero-order chi connectivity index (χ0) is 12.4. The summed E-state index contributed by atoms with van der Waals surface area (Å²) >= 11 is 0. The van der Waals surface area contributed by atoms with Gasteiger partial charge in [-0.05, 0) is 49.6 Å². The molecule has 1 atom stereocenters. The molecule has 1 fully saturated rings. The molecule has 0 aliphatic carbocycles. The van der Waals surface area contributed by atoms with E-state index in [4.69, 9.17) is 4.74 Å². The van der Waals surface area contributed by atoms with Crippen LogP contribution in [0, 0.1) is 0 Å². The molecule has 2 aliphatic heterocycles. The average Bonchev–Trinajstić information content (AvgIpc) is 2.86. The molecule has 0 spiro atoms. The highest BCUT2D eigenvalue weighted by Gasteiger charge is 2.22. The van der Waals surface area contributed by atoms with Gasteiger partial charge in [-0.3, -0.25) is 4.90 Å². The summed E-state index contributed by atoms with van der Waals surface area (Å²) < 4.78 is 6.10. The lowest BCUT2D eigenvalue weighted by molar-refractivity contribution is 0.202. The number of nitrogens with one attached hydrogen (secondary N) is 1. The highest BCUT2D eigenvalue weighted by atomic mass is 16.5. The summed E-state index contributed by atoms with van der Waals surface area (Å²) in [6, 6.07) is 6.48. The Morgan fingerprint density at radius 3 is 3.22 bits per heavy atom. The summed E-state index contributed by atoms with van der Waals surface area (Å²) in [6.07, 6.45) is 3.93. The van der Waals surface area contributed by atoms with Crippen LogP contribution in [-0.2, 0) is 6.42 Å². The van der Waals surface area contributed by atoms with Crippen LogP contribution in [0.25, 0.3) is 0 Å². The predicted octanol–water partition coefficient (Wildman–Crippen LogP) is 2.52. The molecule has 1 aromatic rings. The van der Waals surface area contributed by atoms with Gasteiger partial charge in [-0.15, -0.1) is 0 Å². The van der Waals surface area contributed by atoms with Crippen molar-refractivity contribution < 1.29 is 4.74 Å². The summed E-state index contributed by atoms with van der Waals surface area (Å²) in [5, 5.41) is 3.44. The Labute approximate surface area is 109 Å². The van der Waals surface area contributed by atoms with Crippen LogP contribution in [0.15, 0.2) is 18.2 Å². The zero-order valence-electron chi connectivity index (χ0n) is 11.1. The van der Waals surface area contributed by atoms with Crippen LogP contribution in [0.3, 0.4) is 0 Å². The van der Waals surface area contributed by atoms with Gasteiger partial charge in [-0.1, -0.05) is 6.92 Å². The van der Waals surface area contributed by atoms with Crippen molar-refractivity contribution >= 4 is 5.69 Å². The highest BCUT2D eigenvalue weighted by molar-refractivity contribution is 5.55. The Bertz CT molecular complexity index is 419. The number of fused-ring (bicyclic) bond motifs is 1. The second-order valence-electron chi connectivity index (χ2n) is 5.27. The molecule has 98 valence electrons. The fourth-order valence-corrected chi connectivity index (χ4v) is 2.90. The smallest absolute Gasteiger partial charge is 0.120 e. The van der Waals surface area contributed by atoms with Crippen LogP contribution in [-0.4, -0.2) is 37.2 Å². The molecule has 1 aromatic carbocycles. The fraction of sp³-hybridized carbons (Fsp3) is 0.600. The van der Waals surface area contributed by atoms with E-state index >= 15 is 0 Å². The van der Waals surface area contributed by atoms with E-state index in [0.29, 0.717) is 6.10 Å². The van der Waals surface area contributed by atoms with Crippen LogP contribution in [0.1, 0.15) is 25.3 Å². The molecular weight excluding hydrogens is 224 g/mol. The van der Waals surface area contributed by atoms with E-state index in [-0.39, 0.29) is 0 Å². The van der Waals surface area contributed by atoms with E-state index in [1.807, 2.05) is 0 Å². The van der Waals surface area contributed by atoms with Crippen LogP contribution in [0.4, 0.5) is 5.69 Å². The summed E-state index contributed by atoms with van der Waals surface area (Å²) in [4.78, 5) is 2.45. The van der Waals surface area contributed by atoms with Crippen LogP contribution < -0.4 is 10.1 Å². The van der Waals surface area contributed by atoms with Crippen molar-refractivity contribution in [2.75, 3.05) is 31.5 Å². The lowest BCUT2D eigenvalue weighted by atomic mass is 10.0. The molecule has 18 heavy (non-hydrogen) atoms. The first-order chi connectivity index (χ1) is 8.85. The zero-order valence-corrected chi connectivity index (χ0v) is 11.1. The molecule has 0 amide bonds. The molecule has 0 radical (unpaired) electrons. The van der Waals surface area contributed by atoms with Crippen molar-refractivity contribution in [2.24, 2.45) is 0 Å². The third-order valence-corrected chi connectivity index (χ3v) is 3.99. The molecular formula is C15H22N2O. The minimum Gasteiger partial charge on any atom is -0.489 e. The van der Waals surface area contributed by atoms with E-state index in [1.54, 1.807) is 0 Å². The Kier molecular flexibility index (Phi) is 3.41. The molecule has 3 heteroatoms. The minimum absolute atomic E-state index is 0.375. The maximum absolute atomic E-state index is 6.10. The Morgan fingerprint density at radius 2 is 2.39 bits per heavy atom. The normalized spacial score (nSPS) is 23.5. The van der Waals surface area contributed by atoms with Crippen molar-refractivity contribution in [3.05, 3.63) is 23.8 Å². The molecule has 3 rings (SSSR count). The number of likely N-dealkylation sites (tertiary alicyclic amines) is 1. The van der Waals surface area contributed by atoms with Gasteiger partial charge in [-0.2, -0.15) is 0 Å². The summed E-state index contributed by atoms with van der Waals surface area (Å²) in [5.41, 5.74) is 2.69. The Morgan fingerprint density at radius 1 is 1.44 bits per heavy atom. The number of ether oxygens (including phenoxy) is 1. The molecule has 0 aromatic heterocycles. The average molecular weight is 246 g/mol. The predicted molar refractivity (Wildman–Crippen MR) is 74.4 cm³/mol. The summed E-state index contributed by atoms with van der Waals surface area (Å²) in [6.45, 7) is 6.70. The van der Waals surface area contributed by atoms with E-state index in [2.05, 4.69) is 35.3 Å². The fourth-order valence-electron chi connectivity index (χ4n) is 2.90. The second kappa shape index (κ2) is 5.19. The van der Waals surface area contributed by atoms with Gasteiger partial charge in [0.25, 0.3) is 0 Å². The minimum atomic E-state index is 0.375. The van der Waals surface area contributed by atoms with E-state index in [1.165, 1.54) is 30.6 Å². The van der Waals surface area contributed by atoms with Gasteiger partial charge in [0, 0.05) is 25.3 Å². The van der Waals surface area contributed by atoms with Crippen molar-refractivity contribution in [3.63, 3.8) is 0 Å². The molecule has 1 unspecified atom stereocenters. The SMILES string of the molecule is CCN1CCC(Oc2ccc3c(c2)CCCN3)C1. The molecule has 0 bridgehead atoms. The number of nitrogens with zero attached hydrogens (tertiary/aromatic N) is 1. The number of rotatable bonds is 3. The van der Waals surface area contributed by atoms with Gasteiger partial charge in [0.05, 0.1) is 0 Å². The first-order valence-corrected chi connectivity index (χ1v) is 7.11. The molecule has 1 N–H and O–H groups in total. The molecule has 0 saturated carbocycles. The third-order valence-electron chi connectivity index (χ3n) is 3.99. The monoisotopic (exact) mass is 246 g/mol. The first kappa shape index (κ1) is 11.8. The number of benzene rings is 1. The third kappa shape index (κ3) is 2.46. The number of likely N-dealkylation sites (N-methyl/N-ethyl adjacent to an activating group) is 1. The number of aryl methyl sites for hydroxylation is 1. The van der Waals surface area contributed by atoms with Crippen LogP contribution in [0.5, 0.6) is 5.75 Å². The molecule has 2 heterocycles. The first-order valence-electron chi connectivity index (χ1n) is 7.11. The summed E-state index contributed by atoms with van der Waals surface area (Å²) in [5.74, 6) is 1.04. The van der Waals surface area contributed by atoms with Crippen molar-refractivity contribution in [1.82, 2.24) is 4.90 Å². The van der Waals surface area contributed by atoms with Gasteiger partial charge >= 0.3 is 0 Å². The van der Waals surface area contributed by atoms with Crippen LogP contribution in [0.2, 0.25) is 0 Å². The number of hydrogen-bond donors (Lipinski definition) is 1. The Balaban J connectivity index is 1.66. The van der Waals surface area contributed by atoms with Crippen LogP contribution >= 0.6 is 0 Å². The maximum atomic E-state index is 6.10. The molecule has 2 aliphatic rings. The van der Waals surface area contributed by atoms with E-state index < -0.39 is 0 Å². The van der Waals surface area contributed by atoms with Crippen molar-refractivity contribution in [3.8, 4) is 5.75 Å². The highest BCUT2D eigenvalue weighted by Crippen LogP contribution is 2.27. The number of anilines is 1. The topological polar surface area (TPSA) is 24.5 Å². The lowest BCUT2D eigenvalue weighted by Crippen LogP contribution is -2.24. The quantitative estimate of drug-likeness (QED) is 0.887. The van der Waals surface area contributed by atoms with Crippen molar-refractivity contribution in [1.29, 1.82) is 0 Å². The molecule has 3 nitrogen and oxygen atoms in total. The van der Waals surface area contributed by atoms with Gasteiger partial charge in [0.15, 0.2) is 0 Å².